The minimum absolute atomic E-state index is 0.326. The summed E-state index contributed by atoms with van der Waals surface area (Å²) in [4.78, 5) is 0. The Bertz CT molecular complexity index is 745. The molecule has 2 aromatic carbocycles. The van der Waals surface area contributed by atoms with E-state index in [0.717, 1.165) is 15.7 Å². The molecule has 0 spiro atoms. The normalized spacial score (nSPS) is 10.5. The van der Waals surface area contributed by atoms with E-state index in [0.29, 0.717) is 16.9 Å². The van der Waals surface area contributed by atoms with Crippen molar-refractivity contribution in [1.29, 1.82) is 0 Å². The summed E-state index contributed by atoms with van der Waals surface area (Å²) < 4.78 is 6.49. The number of hydrogen-bond donors (Lipinski definition) is 1. The maximum absolute atomic E-state index is 5.94. The van der Waals surface area contributed by atoms with Crippen LogP contribution in [0.15, 0.2) is 57.4 Å². The van der Waals surface area contributed by atoms with Gasteiger partial charge >= 0.3 is 6.01 Å². The van der Waals surface area contributed by atoms with Crippen molar-refractivity contribution in [3.8, 4) is 11.5 Å². The van der Waals surface area contributed by atoms with Gasteiger partial charge in [0.25, 0.3) is 0 Å². The lowest BCUT2D eigenvalue weighted by Crippen LogP contribution is -1.90. The molecule has 0 fully saturated rings. The number of benzene rings is 2. The first-order chi connectivity index (χ1) is 9.72. The van der Waals surface area contributed by atoms with Gasteiger partial charge in [0.1, 0.15) is 0 Å². The Kier molecular flexibility index (Phi) is 3.71. The fourth-order valence-electron chi connectivity index (χ4n) is 1.69. The average molecular weight is 351 g/mol. The van der Waals surface area contributed by atoms with Crippen molar-refractivity contribution < 1.29 is 4.42 Å². The second-order valence-corrected chi connectivity index (χ2v) is 5.32. The maximum atomic E-state index is 5.94. The molecule has 1 N–H and O–H groups in total. The number of aromatic nitrogens is 2. The smallest absolute Gasteiger partial charge is 0.320 e. The highest BCUT2D eigenvalue weighted by molar-refractivity contribution is 9.10. The number of hydrogen-bond acceptors (Lipinski definition) is 4. The van der Waals surface area contributed by atoms with Gasteiger partial charge in [0.2, 0.25) is 5.89 Å². The molecule has 100 valence electrons. The molecule has 0 aliphatic rings. The Morgan fingerprint density at radius 2 is 1.90 bits per heavy atom. The lowest BCUT2D eigenvalue weighted by Gasteiger charge is -2.02. The summed E-state index contributed by atoms with van der Waals surface area (Å²) in [6, 6.07) is 15.3. The molecule has 0 unspecified atom stereocenters. The molecule has 0 bridgehead atoms. The molecule has 1 heterocycles. The Labute approximate surface area is 128 Å². The first-order valence-corrected chi connectivity index (χ1v) is 7.00. The Balaban J connectivity index is 1.86. The maximum Gasteiger partial charge on any atom is 0.320 e. The van der Waals surface area contributed by atoms with E-state index in [2.05, 4.69) is 31.4 Å². The van der Waals surface area contributed by atoms with E-state index in [1.54, 1.807) is 12.1 Å². The van der Waals surface area contributed by atoms with Crippen molar-refractivity contribution in [3.05, 3.63) is 58.0 Å². The summed E-state index contributed by atoms with van der Waals surface area (Å²) in [6.45, 7) is 0. The Morgan fingerprint density at radius 3 is 2.70 bits per heavy atom. The third-order valence-corrected chi connectivity index (χ3v) is 3.54. The van der Waals surface area contributed by atoms with Crippen LogP contribution in [0.1, 0.15) is 0 Å². The minimum Gasteiger partial charge on any atom is -0.403 e. The molecule has 3 aromatic rings. The fraction of sp³-hybridized carbons (Fsp3) is 0. The van der Waals surface area contributed by atoms with Crippen molar-refractivity contribution in [1.82, 2.24) is 10.2 Å². The molecule has 0 atom stereocenters. The van der Waals surface area contributed by atoms with Crippen molar-refractivity contribution in [2.24, 2.45) is 0 Å². The van der Waals surface area contributed by atoms with Crippen LogP contribution < -0.4 is 5.32 Å². The Hall–Kier alpha value is -1.85. The first kappa shape index (κ1) is 13.1. The standard InChI is InChI=1S/C14H9BrClN3O/c15-11-6-1-2-7-12(11)17-14-19-18-13(20-14)9-4-3-5-10(16)8-9/h1-8H,(H,17,19). The van der Waals surface area contributed by atoms with Gasteiger partial charge in [0.05, 0.1) is 5.69 Å². The zero-order valence-corrected chi connectivity index (χ0v) is 12.5. The zero-order valence-electron chi connectivity index (χ0n) is 10.2. The highest BCUT2D eigenvalue weighted by Crippen LogP contribution is 2.27. The lowest BCUT2D eigenvalue weighted by molar-refractivity contribution is 0.587. The van der Waals surface area contributed by atoms with Gasteiger partial charge in [-0.25, -0.2) is 0 Å². The average Bonchev–Trinajstić information content (AvgIpc) is 2.90. The number of para-hydroxylation sites is 1. The van der Waals surface area contributed by atoms with E-state index < -0.39 is 0 Å². The van der Waals surface area contributed by atoms with Crippen LogP contribution in [0.2, 0.25) is 5.02 Å². The minimum atomic E-state index is 0.326. The zero-order chi connectivity index (χ0) is 13.9. The summed E-state index contributed by atoms with van der Waals surface area (Å²) in [7, 11) is 0. The van der Waals surface area contributed by atoms with E-state index in [1.165, 1.54) is 0 Å². The predicted molar refractivity (Wildman–Crippen MR) is 82.2 cm³/mol. The molecule has 3 rings (SSSR count). The highest BCUT2D eigenvalue weighted by Gasteiger charge is 2.09. The molecule has 0 aliphatic heterocycles. The van der Waals surface area contributed by atoms with Crippen molar-refractivity contribution in [3.63, 3.8) is 0 Å². The van der Waals surface area contributed by atoms with Crippen LogP contribution >= 0.6 is 27.5 Å². The molecule has 0 radical (unpaired) electrons. The fourth-order valence-corrected chi connectivity index (χ4v) is 2.26. The predicted octanol–water partition coefficient (Wildman–Crippen LogP) is 4.90. The van der Waals surface area contributed by atoms with Crippen LogP contribution in [-0.4, -0.2) is 10.2 Å². The second kappa shape index (κ2) is 5.64. The molecule has 0 saturated heterocycles. The molecular formula is C14H9BrClN3O. The van der Waals surface area contributed by atoms with Gasteiger partial charge in [-0.2, -0.15) is 0 Å². The van der Waals surface area contributed by atoms with Crippen LogP contribution in [0, 0.1) is 0 Å². The molecule has 0 saturated carbocycles. The van der Waals surface area contributed by atoms with E-state index >= 15 is 0 Å². The number of rotatable bonds is 3. The summed E-state index contributed by atoms with van der Waals surface area (Å²) in [5, 5.41) is 11.6. The topological polar surface area (TPSA) is 51.0 Å². The third kappa shape index (κ3) is 2.84. The van der Waals surface area contributed by atoms with Gasteiger partial charge in [-0.1, -0.05) is 34.9 Å². The number of nitrogens with one attached hydrogen (secondary N) is 1. The quantitative estimate of drug-likeness (QED) is 0.730. The molecule has 1 aromatic heterocycles. The van der Waals surface area contributed by atoms with Crippen LogP contribution in [-0.2, 0) is 0 Å². The number of halogens is 2. The molecular weight excluding hydrogens is 342 g/mol. The van der Waals surface area contributed by atoms with Crippen LogP contribution in [0.5, 0.6) is 0 Å². The highest BCUT2D eigenvalue weighted by atomic mass is 79.9. The molecule has 4 nitrogen and oxygen atoms in total. The second-order valence-electron chi connectivity index (χ2n) is 4.03. The summed E-state index contributed by atoms with van der Waals surface area (Å²) >= 11 is 9.39. The summed E-state index contributed by atoms with van der Waals surface area (Å²) in [6.07, 6.45) is 0. The molecule has 6 heteroatoms. The largest absolute Gasteiger partial charge is 0.403 e. The van der Waals surface area contributed by atoms with Crippen LogP contribution in [0.25, 0.3) is 11.5 Å². The third-order valence-electron chi connectivity index (χ3n) is 2.61. The Morgan fingerprint density at radius 1 is 1.05 bits per heavy atom. The summed E-state index contributed by atoms with van der Waals surface area (Å²) in [5.74, 6) is 0.419. The SMILES string of the molecule is Clc1cccc(-c2nnc(Nc3ccccc3Br)o2)c1. The van der Waals surface area contributed by atoms with Gasteiger partial charge in [-0.3, -0.25) is 0 Å². The lowest BCUT2D eigenvalue weighted by atomic mass is 10.2. The van der Waals surface area contributed by atoms with Crippen LogP contribution in [0.3, 0.4) is 0 Å². The number of anilines is 2. The first-order valence-electron chi connectivity index (χ1n) is 5.83. The van der Waals surface area contributed by atoms with Gasteiger partial charge in [0, 0.05) is 15.1 Å². The van der Waals surface area contributed by atoms with E-state index in [9.17, 15) is 0 Å². The van der Waals surface area contributed by atoms with E-state index in [4.69, 9.17) is 16.0 Å². The van der Waals surface area contributed by atoms with Gasteiger partial charge in [0.15, 0.2) is 0 Å². The van der Waals surface area contributed by atoms with Gasteiger partial charge < -0.3 is 9.73 Å². The van der Waals surface area contributed by atoms with Crippen molar-refractivity contribution >= 4 is 39.2 Å². The molecule has 20 heavy (non-hydrogen) atoms. The van der Waals surface area contributed by atoms with Crippen LogP contribution in [0.4, 0.5) is 11.7 Å². The monoisotopic (exact) mass is 349 g/mol. The van der Waals surface area contributed by atoms with Gasteiger partial charge in [-0.05, 0) is 46.3 Å². The summed E-state index contributed by atoms with van der Waals surface area (Å²) in [5.41, 5.74) is 1.64. The van der Waals surface area contributed by atoms with Gasteiger partial charge in [-0.15, -0.1) is 5.10 Å². The number of nitrogens with zero attached hydrogens (tertiary/aromatic N) is 2. The van der Waals surface area contributed by atoms with Crippen molar-refractivity contribution in [2.75, 3.05) is 5.32 Å². The molecule has 0 amide bonds. The van der Waals surface area contributed by atoms with E-state index in [-0.39, 0.29) is 0 Å². The molecule has 0 aliphatic carbocycles. The van der Waals surface area contributed by atoms with Crippen molar-refractivity contribution in [2.45, 2.75) is 0 Å². The van der Waals surface area contributed by atoms with E-state index in [1.807, 2.05) is 36.4 Å².